The first kappa shape index (κ1) is 20.5. The van der Waals surface area contributed by atoms with E-state index in [0.29, 0.717) is 18.5 Å². The zero-order valence-electron chi connectivity index (χ0n) is 16.7. The SMILES string of the molecule is CN1CCN(CCCN2CCc3cc(O)c(N4CC(=O)NS4=O)c(F)c3C2)CC1. The average molecular weight is 426 g/mol. The van der Waals surface area contributed by atoms with Gasteiger partial charge >= 0.3 is 0 Å². The molecule has 3 aliphatic rings. The number of carbonyl (C=O) groups is 1. The number of hydrogen-bond acceptors (Lipinski definition) is 6. The van der Waals surface area contributed by atoms with Crippen molar-refractivity contribution in [1.29, 1.82) is 0 Å². The van der Waals surface area contributed by atoms with Crippen molar-refractivity contribution in [3.8, 4) is 5.75 Å². The molecule has 0 spiro atoms. The van der Waals surface area contributed by atoms with Gasteiger partial charge in [-0.15, -0.1) is 0 Å². The lowest BCUT2D eigenvalue weighted by molar-refractivity contribution is -0.117. The first-order chi connectivity index (χ1) is 13.9. The number of phenolic OH excluding ortho intramolecular Hbond substituents is 1. The van der Waals surface area contributed by atoms with Crippen molar-refractivity contribution in [2.24, 2.45) is 0 Å². The average Bonchev–Trinajstić information content (AvgIpc) is 3.01. The maximum atomic E-state index is 15.3. The van der Waals surface area contributed by atoms with Crippen molar-refractivity contribution < 1.29 is 18.5 Å². The molecule has 10 heteroatoms. The maximum Gasteiger partial charge on any atom is 0.253 e. The summed E-state index contributed by atoms with van der Waals surface area (Å²) in [6.45, 7) is 7.37. The summed E-state index contributed by atoms with van der Waals surface area (Å²) in [4.78, 5) is 18.5. The number of hydrogen-bond donors (Lipinski definition) is 2. The van der Waals surface area contributed by atoms with Crippen molar-refractivity contribution in [3.05, 3.63) is 23.0 Å². The molecule has 0 bridgehead atoms. The van der Waals surface area contributed by atoms with E-state index in [9.17, 15) is 14.1 Å². The van der Waals surface area contributed by atoms with Crippen molar-refractivity contribution in [3.63, 3.8) is 0 Å². The van der Waals surface area contributed by atoms with E-state index < -0.39 is 22.9 Å². The Morgan fingerprint density at radius 2 is 1.86 bits per heavy atom. The Kier molecular flexibility index (Phi) is 6.05. The Hall–Kier alpha value is -1.75. The molecule has 1 atom stereocenters. The molecule has 1 aromatic carbocycles. The standard InChI is InChI=1S/C19H28FN5O3S/c1-22-7-9-23(10-8-22)4-2-5-24-6-3-14-11-16(26)19(18(20)15(14)12-24)25-13-17(27)21-29(25)28/h11,26H,2-10,12-13H2,1H3,(H,21,27). The Morgan fingerprint density at radius 3 is 2.55 bits per heavy atom. The highest BCUT2D eigenvalue weighted by molar-refractivity contribution is 7.85. The molecule has 4 rings (SSSR count). The number of carbonyl (C=O) groups excluding carboxylic acids is 1. The topological polar surface area (TPSA) is 79.4 Å². The third-order valence-corrected chi connectivity index (χ3v) is 7.09. The molecule has 2 saturated heterocycles. The number of nitrogens with one attached hydrogen (secondary N) is 1. The van der Waals surface area contributed by atoms with E-state index in [4.69, 9.17) is 0 Å². The van der Waals surface area contributed by atoms with Gasteiger partial charge in [0.25, 0.3) is 5.91 Å². The van der Waals surface area contributed by atoms with Crippen LogP contribution in [0, 0.1) is 5.82 Å². The monoisotopic (exact) mass is 425 g/mol. The molecule has 2 fully saturated rings. The van der Waals surface area contributed by atoms with Crippen molar-refractivity contribution in [2.45, 2.75) is 19.4 Å². The fraction of sp³-hybridized carbons (Fsp3) is 0.632. The smallest absolute Gasteiger partial charge is 0.253 e. The molecule has 0 radical (unpaired) electrons. The van der Waals surface area contributed by atoms with Gasteiger partial charge in [-0.2, -0.15) is 0 Å². The number of fused-ring (bicyclic) bond motifs is 1. The number of amides is 1. The van der Waals surface area contributed by atoms with Crippen molar-refractivity contribution >= 4 is 22.8 Å². The van der Waals surface area contributed by atoms with Crippen molar-refractivity contribution in [2.75, 3.05) is 63.7 Å². The minimum absolute atomic E-state index is 0.153. The van der Waals surface area contributed by atoms with E-state index in [1.807, 2.05) is 0 Å². The fourth-order valence-electron chi connectivity index (χ4n) is 4.25. The quantitative estimate of drug-likeness (QED) is 0.694. The predicted octanol–water partition coefficient (Wildman–Crippen LogP) is 0.0418. The van der Waals surface area contributed by atoms with Crippen LogP contribution in [0.15, 0.2) is 6.07 Å². The number of rotatable bonds is 5. The number of aromatic hydroxyl groups is 1. The number of nitrogens with zero attached hydrogens (tertiary/aromatic N) is 4. The lowest BCUT2D eigenvalue weighted by Crippen LogP contribution is -2.45. The van der Waals surface area contributed by atoms with E-state index in [2.05, 4.69) is 26.5 Å². The van der Waals surface area contributed by atoms with Crippen LogP contribution in [0.5, 0.6) is 5.75 Å². The van der Waals surface area contributed by atoms with E-state index >= 15 is 4.39 Å². The minimum Gasteiger partial charge on any atom is -0.506 e. The van der Waals surface area contributed by atoms with Crippen LogP contribution in [-0.2, 0) is 28.9 Å². The fourth-order valence-corrected chi connectivity index (χ4v) is 5.19. The highest BCUT2D eigenvalue weighted by atomic mass is 32.2. The first-order valence-corrected chi connectivity index (χ1v) is 11.2. The minimum atomic E-state index is -1.87. The molecule has 160 valence electrons. The van der Waals surface area contributed by atoms with Crippen LogP contribution in [0.25, 0.3) is 0 Å². The normalized spacial score (nSPS) is 24.0. The van der Waals surface area contributed by atoms with Crippen LogP contribution in [0.1, 0.15) is 17.5 Å². The van der Waals surface area contributed by atoms with Gasteiger partial charge in [0.1, 0.15) is 18.0 Å². The van der Waals surface area contributed by atoms with Gasteiger partial charge in [0.05, 0.1) is 0 Å². The Balaban J connectivity index is 1.41. The summed E-state index contributed by atoms with van der Waals surface area (Å²) in [7, 11) is 2.15. The van der Waals surface area contributed by atoms with Crippen LogP contribution in [0.4, 0.5) is 10.1 Å². The van der Waals surface area contributed by atoms with E-state index in [1.54, 1.807) is 6.07 Å². The number of likely N-dealkylation sites (N-methyl/N-ethyl adjacent to an activating group) is 1. The van der Waals surface area contributed by atoms with Gasteiger partial charge in [0, 0.05) is 44.8 Å². The van der Waals surface area contributed by atoms with Gasteiger partial charge in [-0.05, 0) is 44.6 Å². The Bertz CT molecular complexity index is 816. The van der Waals surface area contributed by atoms with Crippen LogP contribution < -0.4 is 9.03 Å². The summed E-state index contributed by atoms with van der Waals surface area (Å²) in [5.74, 6) is -1.30. The molecule has 0 aliphatic carbocycles. The van der Waals surface area contributed by atoms with Crippen LogP contribution >= 0.6 is 0 Å². The van der Waals surface area contributed by atoms with Gasteiger partial charge in [0.2, 0.25) is 11.2 Å². The number of phenols is 1. The van der Waals surface area contributed by atoms with Crippen LogP contribution in [0.2, 0.25) is 0 Å². The third kappa shape index (κ3) is 4.40. The van der Waals surface area contributed by atoms with Gasteiger partial charge < -0.3 is 14.9 Å². The first-order valence-electron chi connectivity index (χ1n) is 10.1. The summed E-state index contributed by atoms with van der Waals surface area (Å²) in [5, 5.41) is 10.3. The van der Waals surface area contributed by atoms with Gasteiger partial charge in [-0.25, -0.2) is 8.60 Å². The molecule has 1 amide bonds. The summed E-state index contributed by atoms with van der Waals surface area (Å²) in [6.07, 6.45) is 1.69. The summed E-state index contributed by atoms with van der Waals surface area (Å²) < 4.78 is 30.6. The van der Waals surface area contributed by atoms with Gasteiger partial charge in [-0.3, -0.25) is 18.7 Å². The van der Waals surface area contributed by atoms with Crippen LogP contribution in [-0.4, -0.2) is 89.3 Å². The van der Waals surface area contributed by atoms with E-state index in [-0.39, 0.29) is 18.0 Å². The predicted molar refractivity (Wildman–Crippen MR) is 109 cm³/mol. The summed E-state index contributed by atoms with van der Waals surface area (Å²) in [6, 6.07) is 1.55. The molecule has 1 unspecified atom stereocenters. The molecule has 0 aromatic heterocycles. The Morgan fingerprint density at radius 1 is 1.14 bits per heavy atom. The summed E-state index contributed by atoms with van der Waals surface area (Å²) in [5.41, 5.74) is 1.16. The zero-order valence-corrected chi connectivity index (χ0v) is 17.5. The number of anilines is 1. The molecule has 1 aromatic rings. The van der Waals surface area contributed by atoms with Crippen molar-refractivity contribution in [1.82, 2.24) is 19.4 Å². The maximum absolute atomic E-state index is 15.3. The molecule has 3 aliphatic heterocycles. The highest BCUT2D eigenvalue weighted by Crippen LogP contribution is 2.38. The Labute approximate surface area is 173 Å². The highest BCUT2D eigenvalue weighted by Gasteiger charge is 2.34. The van der Waals surface area contributed by atoms with Crippen LogP contribution in [0.3, 0.4) is 0 Å². The molecular weight excluding hydrogens is 397 g/mol. The molecule has 3 heterocycles. The molecule has 2 N–H and O–H groups in total. The number of halogens is 1. The largest absolute Gasteiger partial charge is 0.506 e. The number of benzene rings is 1. The second-order valence-corrected chi connectivity index (χ2v) is 9.17. The molecule has 8 nitrogen and oxygen atoms in total. The number of piperazine rings is 1. The zero-order chi connectivity index (χ0) is 20.5. The third-order valence-electron chi connectivity index (χ3n) is 5.98. The second-order valence-electron chi connectivity index (χ2n) is 8.03. The van der Waals surface area contributed by atoms with E-state index in [1.165, 1.54) is 0 Å². The lowest BCUT2D eigenvalue weighted by atomic mass is 9.97. The van der Waals surface area contributed by atoms with Gasteiger partial charge in [0.15, 0.2) is 5.82 Å². The van der Waals surface area contributed by atoms with E-state index in [0.717, 1.165) is 62.1 Å². The molecule has 0 saturated carbocycles. The van der Waals surface area contributed by atoms with Gasteiger partial charge in [-0.1, -0.05) is 0 Å². The summed E-state index contributed by atoms with van der Waals surface area (Å²) >= 11 is -1.87. The lowest BCUT2D eigenvalue weighted by Gasteiger charge is -2.34. The molecular formula is C19H28FN5O3S. The second kappa shape index (κ2) is 8.55. The molecule has 29 heavy (non-hydrogen) atoms.